The van der Waals surface area contributed by atoms with E-state index in [4.69, 9.17) is 21.1 Å². The summed E-state index contributed by atoms with van der Waals surface area (Å²) in [5.41, 5.74) is 4.09. The Balaban J connectivity index is 1.55. The molecule has 3 atom stereocenters. The van der Waals surface area contributed by atoms with E-state index in [1.165, 1.54) is 0 Å². The van der Waals surface area contributed by atoms with Gasteiger partial charge in [-0.3, -0.25) is 4.57 Å². The van der Waals surface area contributed by atoms with Gasteiger partial charge in [0.25, 0.3) is 0 Å². The van der Waals surface area contributed by atoms with Gasteiger partial charge < -0.3 is 14.8 Å². The van der Waals surface area contributed by atoms with Gasteiger partial charge in [-0.05, 0) is 55.3 Å². The van der Waals surface area contributed by atoms with Crippen LogP contribution in [-0.2, 0) is 9.47 Å². The van der Waals surface area contributed by atoms with Gasteiger partial charge in [-0.1, -0.05) is 47.2 Å². The van der Waals surface area contributed by atoms with E-state index in [-0.39, 0.29) is 24.2 Å². The summed E-state index contributed by atoms with van der Waals surface area (Å²) in [6.07, 6.45) is 3.66. The fraction of sp³-hybridized carbons (Fsp3) is 0.423. The number of carbonyl (C=O) groups excluding carboxylic acids is 1. The van der Waals surface area contributed by atoms with Gasteiger partial charge in [-0.2, -0.15) is 0 Å². The van der Waals surface area contributed by atoms with E-state index in [2.05, 4.69) is 47.0 Å². The monoisotopic (exact) mass is 560 g/mol. The maximum absolute atomic E-state index is 13.1. The summed E-state index contributed by atoms with van der Waals surface area (Å²) < 4.78 is 14.6. The molecule has 5 nitrogen and oxygen atoms in total. The Morgan fingerprint density at radius 1 is 1.24 bits per heavy atom. The smallest absolute Gasteiger partial charge is 0.418 e. The Hall–Kier alpha value is -1.80. The number of rotatable bonds is 4. The second-order valence-electron chi connectivity index (χ2n) is 10.5. The molecule has 1 saturated heterocycles. The molecule has 0 radical (unpaired) electrons. The van der Waals surface area contributed by atoms with Crippen molar-refractivity contribution >= 4 is 58.3 Å². The molecule has 0 saturated carbocycles. The van der Waals surface area contributed by atoms with Gasteiger partial charge in [-0.25, -0.2) is 4.79 Å². The number of carbonyl (C=O) groups is 1. The first-order valence-corrected chi connectivity index (χ1v) is 16.7. The van der Waals surface area contributed by atoms with Crippen LogP contribution in [0.1, 0.15) is 36.1 Å². The summed E-state index contributed by atoms with van der Waals surface area (Å²) in [5.74, 6) is 0.237. The highest BCUT2D eigenvalue weighted by Gasteiger charge is 2.41. The Bertz CT molecular complexity index is 1240. The highest BCUT2D eigenvalue weighted by molar-refractivity contribution is 9.10. The van der Waals surface area contributed by atoms with Crippen LogP contribution < -0.4 is 5.32 Å². The van der Waals surface area contributed by atoms with Crippen molar-refractivity contribution in [1.82, 2.24) is 4.57 Å². The molecule has 3 heterocycles. The molecule has 1 aromatic heterocycles. The highest BCUT2D eigenvalue weighted by Crippen LogP contribution is 2.51. The Kier molecular flexibility index (Phi) is 6.57. The van der Waals surface area contributed by atoms with E-state index in [0.29, 0.717) is 11.6 Å². The van der Waals surface area contributed by atoms with E-state index in [1.54, 1.807) is 4.57 Å². The summed E-state index contributed by atoms with van der Waals surface area (Å²) in [6, 6.07) is 12.9. The average Bonchev–Trinajstić information content (AvgIpc) is 3.16. The predicted molar refractivity (Wildman–Crippen MR) is 144 cm³/mol. The molecule has 2 aliphatic heterocycles. The van der Waals surface area contributed by atoms with Gasteiger partial charge in [0.15, 0.2) is 0 Å². The van der Waals surface area contributed by atoms with Gasteiger partial charge >= 0.3 is 6.09 Å². The highest BCUT2D eigenvalue weighted by atomic mass is 79.9. The van der Waals surface area contributed by atoms with Crippen LogP contribution in [0.2, 0.25) is 30.7 Å². The van der Waals surface area contributed by atoms with Crippen molar-refractivity contribution in [2.45, 2.75) is 50.7 Å². The fourth-order valence-electron chi connectivity index (χ4n) is 5.09. The molecule has 1 N–H and O–H groups in total. The first-order valence-electron chi connectivity index (χ1n) is 11.9. The van der Waals surface area contributed by atoms with E-state index in [9.17, 15) is 4.79 Å². The SMILES string of the molecule is C[Si](C)(C)CCOC(=O)n1cc([C@H]2Nc3ccc(Cl)cc3[C@H]3OCCC[C@@H]23)c2cc(Br)ccc21. The number of ether oxygens (including phenoxy) is 2. The minimum atomic E-state index is -1.29. The summed E-state index contributed by atoms with van der Waals surface area (Å²) >= 11 is 9.95. The lowest BCUT2D eigenvalue weighted by Gasteiger charge is -2.43. The molecule has 2 aromatic carbocycles. The van der Waals surface area contributed by atoms with Gasteiger partial charge in [0.2, 0.25) is 0 Å². The number of hydrogen-bond donors (Lipinski definition) is 1. The van der Waals surface area contributed by atoms with Crippen molar-refractivity contribution in [2.24, 2.45) is 5.92 Å². The Morgan fingerprint density at radius 2 is 2.06 bits per heavy atom. The molecule has 0 bridgehead atoms. The van der Waals surface area contributed by atoms with Crippen molar-refractivity contribution in [2.75, 3.05) is 18.5 Å². The molecule has 3 aromatic rings. The molecule has 2 aliphatic rings. The number of benzene rings is 2. The summed E-state index contributed by atoms with van der Waals surface area (Å²) in [6.45, 7) is 8.04. The van der Waals surface area contributed by atoms with E-state index < -0.39 is 8.07 Å². The van der Waals surface area contributed by atoms with Gasteiger partial charge in [0.05, 0.1) is 24.3 Å². The third kappa shape index (κ3) is 4.68. The average molecular weight is 562 g/mol. The van der Waals surface area contributed by atoms with E-state index in [0.717, 1.165) is 57.7 Å². The quantitative estimate of drug-likeness (QED) is 0.328. The zero-order valence-electron chi connectivity index (χ0n) is 19.7. The number of fused-ring (bicyclic) bond motifs is 4. The van der Waals surface area contributed by atoms with Crippen LogP contribution in [-0.4, -0.2) is 31.9 Å². The lowest BCUT2D eigenvalue weighted by atomic mass is 9.77. The van der Waals surface area contributed by atoms with Crippen LogP contribution in [0, 0.1) is 5.92 Å². The molecule has 1 fully saturated rings. The number of nitrogens with zero attached hydrogens (tertiary/aromatic N) is 1. The number of hydrogen-bond acceptors (Lipinski definition) is 4. The van der Waals surface area contributed by atoms with E-state index in [1.807, 2.05) is 36.5 Å². The molecular weight excluding hydrogens is 532 g/mol. The van der Waals surface area contributed by atoms with Gasteiger partial charge in [0.1, 0.15) is 0 Å². The second kappa shape index (κ2) is 9.34. The van der Waals surface area contributed by atoms with Crippen molar-refractivity contribution in [3.05, 3.63) is 63.2 Å². The molecule has 0 aliphatic carbocycles. The summed E-state index contributed by atoms with van der Waals surface area (Å²) in [4.78, 5) is 13.1. The van der Waals surface area contributed by atoms with Crippen molar-refractivity contribution in [3.63, 3.8) is 0 Å². The topological polar surface area (TPSA) is 52.5 Å². The Morgan fingerprint density at radius 3 is 2.85 bits per heavy atom. The maximum atomic E-state index is 13.1. The first kappa shape index (κ1) is 23.9. The van der Waals surface area contributed by atoms with Gasteiger partial charge in [-0.15, -0.1) is 0 Å². The lowest BCUT2D eigenvalue weighted by molar-refractivity contribution is -0.0380. The molecular formula is C26H30BrClN2O3Si. The lowest BCUT2D eigenvalue weighted by Crippen LogP contribution is -2.36. The molecule has 0 unspecified atom stereocenters. The summed E-state index contributed by atoms with van der Waals surface area (Å²) in [5, 5.41) is 5.51. The molecule has 8 heteroatoms. The largest absolute Gasteiger partial charge is 0.449 e. The van der Waals surface area contributed by atoms with Crippen LogP contribution in [0.5, 0.6) is 0 Å². The van der Waals surface area contributed by atoms with E-state index >= 15 is 0 Å². The molecule has 0 amide bonds. The van der Waals surface area contributed by atoms with Crippen LogP contribution >= 0.6 is 27.5 Å². The minimum absolute atomic E-state index is 0.00630. The normalized spacial score (nSPS) is 22.1. The Labute approximate surface area is 214 Å². The molecule has 5 rings (SSSR count). The molecule has 180 valence electrons. The number of halogens is 2. The fourth-order valence-corrected chi connectivity index (χ4v) is 6.35. The zero-order valence-corrected chi connectivity index (χ0v) is 23.1. The number of aromatic nitrogens is 1. The second-order valence-corrected chi connectivity index (χ2v) is 17.5. The van der Waals surface area contributed by atoms with Crippen LogP contribution in [0.4, 0.5) is 10.5 Å². The molecule has 0 spiro atoms. The third-order valence-corrected chi connectivity index (χ3v) is 9.27. The van der Waals surface area contributed by atoms with Crippen molar-refractivity contribution in [3.8, 4) is 0 Å². The number of nitrogens with one attached hydrogen (secondary N) is 1. The van der Waals surface area contributed by atoms with Crippen LogP contribution in [0.15, 0.2) is 47.1 Å². The van der Waals surface area contributed by atoms with Crippen LogP contribution in [0.3, 0.4) is 0 Å². The van der Waals surface area contributed by atoms with Crippen molar-refractivity contribution < 1.29 is 14.3 Å². The first-order chi connectivity index (χ1) is 16.2. The zero-order chi connectivity index (χ0) is 24.0. The standard InChI is InChI=1S/C26H30BrClN2O3Si/c1-34(2,3)12-11-33-26(31)30-15-21(19-13-16(27)6-9-23(19)30)24-18-5-4-10-32-25(18)20-14-17(28)7-8-22(20)29-24/h6-9,13-15,18,24-25,29H,4-5,10-12H2,1-3H3/t18-,24-,25-/m0/s1. The van der Waals surface area contributed by atoms with Gasteiger partial charge in [0, 0.05) is 58.5 Å². The molecule has 34 heavy (non-hydrogen) atoms. The third-order valence-electron chi connectivity index (χ3n) is 6.83. The summed E-state index contributed by atoms with van der Waals surface area (Å²) in [7, 11) is -1.29. The predicted octanol–water partition coefficient (Wildman–Crippen LogP) is 8.01. The number of anilines is 1. The van der Waals surface area contributed by atoms with Crippen LogP contribution in [0.25, 0.3) is 10.9 Å². The maximum Gasteiger partial charge on any atom is 0.418 e. The van der Waals surface area contributed by atoms with Crippen molar-refractivity contribution in [1.29, 1.82) is 0 Å². The minimum Gasteiger partial charge on any atom is -0.449 e.